The van der Waals surface area contributed by atoms with E-state index in [9.17, 15) is 4.79 Å². The lowest BCUT2D eigenvalue weighted by molar-refractivity contribution is -0.122. The Hall–Kier alpha value is -3.52. The molecule has 3 rings (SSSR count). The fourth-order valence-electron chi connectivity index (χ4n) is 2.99. The van der Waals surface area contributed by atoms with Crippen LogP contribution in [0, 0.1) is 13.8 Å². The number of nitrogens with zero attached hydrogens (tertiary/aromatic N) is 3. The number of hydrogen-bond acceptors (Lipinski definition) is 5. The minimum Gasteiger partial charge on any atom is -0.483 e. The highest BCUT2D eigenvalue weighted by atomic mass is 16.5. The minimum absolute atomic E-state index is 0.0424. The van der Waals surface area contributed by atoms with Crippen LogP contribution in [0.2, 0.25) is 0 Å². The molecule has 0 atom stereocenters. The lowest BCUT2D eigenvalue weighted by Gasteiger charge is -2.22. The van der Waals surface area contributed by atoms with E-state index in [1.54, 1.807) is 18.2 Å². The van der Waals surface area contributed by atoms with Gasteiger partial charge in [-0.25, -0.2) is 4.98 Å². The number of benzene rings is 1. The van der Waals surface area contributed by atoms with Crippen LogP contribution in [0.1, 0.15) is 27.6 Å². The van der Waals surface area contributed by atoms with Crippen LogP contribution in [0.3, 0.4) is 0 Å². The van der Waals surface area contributed by atoms with Gasteiger partial charge < -0.3 is 19.7 Å². The van der Waals surface area contributed by atoms with E-state index in [2.05, 4.69) is 15.0 Å². The van der Waals surface area contributed by atoms with Gasteiger partial charge in [-0.05, 0) is 38.1 Å². The zero-order valence-corrected chi connectivity index (χ0v) is 17.3. The van der Waals surface area contributed by atoms with Crippen LogP contribution in [0.5, 0.6) is 0 Å². The zero-order valence-electron chi connectivity index (χ0n) is 17.3. The molecule has 0 unspecified atom stereocenters. The Morgan fingerprint density at radius 1 is 1.20 bits per heavy atom. The number of carbonyl (C=O) groups is 2. The molecule has 2 heterocycles. The minimum atomic E-state index is -0.250. The van der Waals surface area contributed by atoms with E-state index >= 15 is 0 Å². The third kappa shape index (κ3) is 6.25. The first-order chi connectivity index (χ1) is 14.5. The molecule has 0 aliphatic rings. The maximum atomic E-state index is 13.0. The molecule has 0 aliphatic carbocycles. The Labute approximate surface area is 175 Å². The van der Waals surface area contributed by atoms with Crippen molar-refractivity contribution in [3.63, 3.8) is 0 Å². The summed E-state index contributed by atoms with van der Waals surface area (Å²) in [6.45, 7) is 5.10. The smallest absolute Gasteiger partial charge is 0.290 e. The van der Waals surface area contributed by atoms with Crippen molar-refractivity contribution in [3.8, 4) is 11.3 Å². The molecule has 2 aromatic heterocycles. The van der Waals surface area contributed by atoms with E-state index in [1.807, 2.05) is 56.3 Å². The summed E-state index contributed by atoms with van der Waals surface area (Å²) in [5, 5.41) is 6.89. The number of H-pyrrole nitrogens is 1. The second-order valence-corrected chi connectivity index (χ2v) is 6.52. The van der Waals surface area contributed by atoms with Crippen molar-refractivity contribution < 1.29 is 19.4 Å². The highest BCUT2D eigenvalue weighted by molar-refractivity contribution is 5.94. The average molecular weight is 410 g/mol. The predicted octanol–water partition coefficient (Wildman–Crippen LogP) is 3.08. The summed E-state index contributed by atoms with van der Waals surface area (Å²) in [5.74, 6) is 0.836. The number of aromatic nitrogens is 3. The number of pyridine rings is 1. The van der Waals surface area contributed by atoms with Crippen molar-refractivity contribution in [2.24, 2.45) is 0 Å². The Kier molecular flexibility index (Phi) is 8.71. The Bertz CT molecular complexity index is 940. The standard InChI is InChI=1S/C21H24N4O2.CH2O2/c1-15-20(24-16(2)23-15)17-7-9-18(10-8-17)21(26)25(12-13-27-3)14-19-6-4-5-11-22-19;2-1-3/h4-11H,12-14H2,1-3H3,(H,23,24);1H,(H,2,3). The maximum absolute atomic E-state index is 13.0. The van der Waals surface area contributed by atoms with E-state index in [4.69, 9.17) is 14.6 Å². The summed E-state index contributed by atoms with van der Waals surface area (Å²) < 4.78 is 5.16. The summed E-state index contributed by atoms with van der Waals surface area (Å²) in [6, 6.07) is 13.3. The van der Waals surface area contributed by atoms with Crippen molar-refractivity contribution in [2.45, 2.75) is 20.4 Å². The van der Waals surface area contributed by atoms with Crippen LogP contribution in [-0.2, 0) is 16.1 Å². The van der Waals surface area contributed by atoms with E-state index < -0.39 is 0 Å². The fourth-order valence-corrected chi connectivity index (χ4v) is 2.99. The van der Waals surface area contributed by atoms with Crippen LogP contribution >= 0.6 is 0 Å². The molecule has 1 aromatic carbocycles. The lowest BCUT2D eigenvalue weighted by atomic mass is 10.1. The van der Waals surface area contributed by atoms with Crippen LogP contribution in [-0.4, -0.2) is 57.6 Å². The molecule has 0 radical (unpaired) electrons. The number of aromatic amines is 1. The van der Waals surface area contributed by atoms with Gasteiger partial charge in [-0.15, -0.1) is 0 Å². The zero-order chi connectivity index (χ0) is 21.9. The van der Waals surface area contributed by atoms with Crippen molar-refractivity contribution in [3.05, 3.63) is 71.4 Å². The van der Waals surface area contributed by atoms with Gasteiger partial charge in [0.15, 0.2) is 0 Å². The molecule has 8 nitrogen and oxygen atoms in total. The number of aryl methyl sites for hydroxylation is 2. The molecular weight excluding hydrogens is 384 g/mol. The number of ether oxygens (including phenoxy) is 1. The van der Waals surface area contributed by atoms with Crippen molar-refractivity contribution in [1.82, 2.24) is 19.9 Å². The van der Waals surface area contributed by atoms with Gasteiger partial charge in [0.2, 0.25) is 0 Å². The molecule has 2 N–H and O–H groups in total. The predicted molar refractivity (Wildman–Crippen MR) is 113 cm³/mol. The number of methoxy groups -OCH3 is 1. The second kappa shape index (κ2) is 11.5. The summed E-state index contributed by atoms with van der Waals surface area (Å²) in [7, 11) is 1.63. The van der Waals surface area contributed by atoms with Gasteiger partial charge in [-0.2, -0.15) is 0 Å². The monoisotopic (exact) mass is 410 g/mol. The molecule has 0 fully saturated rings. The number of imidazole rings is 1. The number of hydrogen-bond donors (Lipinski definition) is 2. The first-order valence-corrected chi connectivity index (χ1v) is 9.39. The van der Waals surface area contributed by atoms with Crippen molar-refractivity contribution in [1.29, 1.82) is 0 Å². The van der Waals surface area contributed by atoms with Gasteiger partial charge in [0.05, 0.1) is 24.5 Å². The largest absolute Gasteiger partial charge is 0.483 e. The maximum Gasteiger partial charge on any atom is 0.290 e. The van der Waals surface area contributed by atoms with Gasteiger partial charge in [-0.3, -0.25) is 14.6 Å². The van der Waals surface area contributed by atoms with E-state index in [0.29, 0.717) is 25.3 Å². The molecule has 0 saturated carbocycles. The molecule has 0 bridgehead atoms. The number of carbonyl (C=O) groups excluding carboxylic acids is 1. The number of nitrogens with one attached hydrogen (secondary N) is 1. The summed E-state index contributed by atoms with van der Waals surface area (Å²) >= 11 is 0. The van der Waals surface area contributed by atoms with Crippen LogP contribution in [0.4, 0.5) is 0 Å². The lowest BCUT2D eigenvalue weighted by Crippen LogP contribution is -2.33. The molecule has 0 spiro atoms. The Balaban J connectivity index is 0.00000101. The third-order valence-electron chi connectivity index (χ3n) is 4.34. The highest BCUT2D eigenvalue weighted by Gasteiger charge is 2.17. The molecule has 8 heteroatoms. The second-order valence-electron chi connectivity index (χ2n) is 6.52. The number of amides is 1. The van der Waals surface area contributed by atoms with Gasteiger partial charge in [0.1, 0.15) is 5.82 Å². The van der Waals surface area contributed by atoms with Crippen molar-refractivity contribution >= 4 is 12.4 Å². The van der Waals surface area contributed by atoms with E-state index in [-0.39, 0.29) is 12.4 Å². The van der Waals surface area contributed by atoms with Gasteiger partial charge in [-0.1, -0.05) is 18.2 Å². The van der Waals surface area contributed by atoms with Crippen molar-refractivity contribution in [2.75, 3.05) is 20.3 Å². The SMILES string of the molecule is COCCN(Cc1ccccn1)C(=O)c1ccc(-c2nc(C)[nH]c2C)cc1.O=CO. The summed E-state index contributed by atoms with van der Waals surface area (Å²) in [4.78, 5) is 35.1. The topological polar surface area (TPSA) is 108 Å². The molecule has 3 aromatic rings. The molecule has 0 aliphatic heterocycles. The van der Waals surface area contributed by atoms with Crippen LogP contribution < -0.4 is 0 Å². The van der Waals surface area contributed by atoms with E-state index in [1.165, 1.54) is 0 Å². The summed E-state index contributed by atoms with van der Waals surface area (Å²) in [6.07, 6.45) is 1.73. The van der Waals surface area contributed by atoms with Crippen LogP contribution in [0.15, 0.2) is 48.7 Å². The molecule has 0 saturated heterocycles. The third-order valence-corrected chi connectivity index (χ3v) is 4.34. The van der Waals surface area contributed by atoms with Gasteiger partial charge in [0.25, 0.3) is 12.4 Å². The molecule has 158 valence electrons. The van der Waals surface area contributed by atoms with E-state index in [0.717, 1.165) is 28.5 Å². The Morgan fingerprint density at radius 3 is 2.43 bits per heavy atom. The number of rotatable bonds is 7. The summed E-state index contributed by atoms with van der Waals surface area (Å²) in [5.41, 5.74) is 4.40. The number of carboxylic acid groups (broad SMARTS) is 1. The fraction of sp³-hybridized carbons (Fsp3) is 0.273. The first kappa shape index (κ1) is 22.8. The average Bonchev–Trinajstić information content (AvgIpc) is 3.10. The highest BCUT2D eigenvalue weighted by Crippen LogP contribution is 2.22. The van der Waals surface area contributed by atoms with Crippen LogP contribution in [0.25, 0.3) is 11.3 Å². The quantitative estimate of drug-likeness (QED) is 0.580. The first-order valence-electron chi connectivity index (χ1n) is 9.39. The van der Waals surface area contributed by atoms with Gasteiger partial charge >= 0.3 is 0 Å². The Morgan fingerprint density at radius 2 is 1.90 bits per heavy atom. The molecule has 1 amide bonds. The normalized spacial score (nSPS) is 10.1. The molecule has 30 heavy (non-hydrogen) atoms. The molecular formula is C22H26N4O4. The van der Waals surface area contributed by atoms with Gasteiger partial charge in [0, 0.05) is 36.7 Å².